The van der Waals surface area contributed by atoms with Gasteiger partial charge in [-0.05, 0) is 11.6 Å². The summed E-state index contributed by atoms with van der Waals surface area (Å²) in [6.07, 6.45) is 0. The van der Waals surface area contributed by atoms with Crippen LogP contribution in [0, 0.1) is 0 Å². The molecule has 0 saturated heterocycles. The smallest absolute Gasteiger partial charge is 0.0637 e. The zero-order chi connectivity index (χ0) is 8.27. The van der Waals surface area contributed by atoms with Gasteiger partial charge in [0, 0.05) is 6.54 Å². The van der Waals surface area contributed by atoms with E-state index in [0.717, 1.165) is 5.56 Å². The van der Waals surface area contributed by atoms with Crippen LogP contribution in [0.2, 0.25) is 10.0 Å². The largest absolute Gasteiger partial charge is 0.262 e. The van der Waals surface area contributed by atoms with Crippen molar-refractivity contribution >= 4 is 36.0 Å². The lowest BCUT2D eigenvalue weighted by molar-refractivity contribution is 0.986. The second-order valence-electron chi connectivity index (χ2n) is 2.05. The highest BCUT2D eigenvalue weighted by atomic mass is 35.5. The van der Waals surface area contributed by atoms with Crippen LogP contribution in [0.25, 0.3) is 0 Å². The predicted octanol–water partition coefficient (Wildman–Crippen LogP) is 2.93. The molecular weight excluding hydrogens is 201 g/mol. The number of hydrogen-bond acceptors (Lipinski definition) is 2. The Labute approximate surface area is 81.2 Å². The number of benzene rings is 1. The van der Waals surface area contributed by atoms with E-state index < -0.39 is 0 Å². The number of halogens is 2. The fourth-order valence-electron chi connectivity index (χ4n) is 0.770. The summed E-state index contributed by atoms with van der Waals surface area (Å²) in [5.41, 5.74) is 0.953. The minimum Gasteiger partial charge on any atom is -0.262 e. The molecule has 0 atom stereocenters. The van der Waals surface area contributed by atoms with Gasteiger partial charge in [0.15, 0.2) is 0 Å². The molecule has 60 valence electrons. The van der Waals surface area contributed by atoms with E-state index in [1.165, 1.54) is 0 Å². The third-order valence-corrected chi connectivity index (χ3v) is 2.32. The zero-order valence-corrected chi connectivity index (χ0v) is 8.05. The first-order chi connectivity index (χ1) is 5.25. The van der Waals surface area contributed by atoms with Crippen molar-refractivity contribution in [3.63, 3.8) is 0 Å². The molecule has 4 heteroatoms. The Morgan fingerprint density at radius 3 is 2.73 bits per heavy atom. The van der Waals surface area contributed by atoms with Crippen molar-refractivity contribution in [1.82, 2.24) is 4.72 Å². The topological polar surface area (TPSA) is 12.0 Å². The van der Waals surface area contributed by atoms with Gasteiger partial charge in [0.2, 0.25) is 0 Å². The van der Waals surface area contributed by atoms with Gasteiger partial charge >= 0.3 is 0 Å². The molecule has 0 aliphatic carbocycles. The molecule has 1 nitrogen and oxygen atoms in total. The van der Waals surface area contributed by atoms with E-state index >= 15 is 0 Å². The van der Waals surface area contributed by atoms with Gasteiger partial charge in [-0.25, -0.2) is 0 Å². The maximum Gasteiger partial charge on any atom is 0.0637 e. The van der Waals surface area contributed by atoms with Crippen LogP contribution in [0.3, 0.4) is 0 Å². The molecule has 1 rings (SSSR count). The summed E-state index contributed by atoms with van der Waals surface area (Å²) in [6, 6.07) is 5.51. The monoisotopic (exact) mass is 207 g/mol. The normalized spacial score (nSPS) is 10.1. The highest BCUT2D eigenvalue weighted by Crippen LogP contribution is 2.25. The number of rotatable bonds is 2. The third-order valence-electron chi connectivity index (χ3n) is 1.30. The lowest BCUT2D eigenvalue weighted by Crippen LogP contribution is -1.98. The van der Waals surface area contributed by atoms with Gasteiger partial charge in [-0.1, -0.05) is 48.1 Å². The molecule has 0 radical (unpaired) electrons. The lowest BCUT2D eigenvalue weighted by Gasteiger charge is -2.02. The van der Waals surface area contributed by atoms with Crippen molar-refractivity contribution in [2.45, 2.75) is 6.54 Å². The Kier molecular flexibility index (Phi) is 3.52. The second-order valence-corrected chi connectivity index (χ2v) is 3.15. The Morgan fingerprint density at radius 1 is 1.36 bits per heavy atom. The Bertz CT molecular complexity index is 252. The molecule has 1 aromatic rings. The third kappa shape index (κ3) is 2.27. The molecule has 0 fully saturated rings. The fraction of sp³-hybridized carbons (Fsp3) is 0.143. The quantitative estimate of drug-likeness (QED) is 0.712. The van der Waals surface area contributed by atoms with E-state index in [1.54, 1.807) is 6.07 Å². The molecule has 0 aromatic heterocycles. The lowest BCUT2D eigenvalue weighted by atomic mass is 10.2. The highest BCUT2D eigenvalue weighted by Gasteiger charge is 2.01. The first kappa shape index (κ1) is 9.20. The Morgan fingerprint density at radius 2 is 2.09 bits per heavy atom. The summed E-state index contributed by atoms with van der Waals surface area (Å²) in [7, 11) is 0. The first-order valence-corrected chi connectivity index (χ1v) is 4.26. The van der Waals surface area contributed by atoms with Crippen LogP contribution in [-0.4, -0.2) is 0 Å². The summed E-state index contributed by atoms with van der Waals surface area (Å²) in [5.74, 6) is 0. The Hall–Kier alpha value is 0.110. The van der Waals surface area contributed by atoms with Crippen molar-refractivity contribution in [3.05, 3.63) is 33.8 Å². The number of thiol groups is 1. The van der Waals surface area contributed by atoms with E-state index in [4.69, 9.17) is 23.2 Å². The van der Waals surface area contributed by atoms with Crippen LogP contribution < -0.4 is 4.72 Å². The Balaban J connectivity index is 2.96. The molecule has 0 amide bonds. The summed E-state index contributed by atoms with van der Waals surface area (Å²) < 4.78 is 2.70. The first-order valence-electron chi connectivity index (χ1n) is 3.05. The maximum absolute atomic E-state index is 5.87. The van der Waals surface area contributed by atoms with Crippen LogP contribution >= 0.6 is 36.0 Å². The molecule has 11 heavy (non-hydrogen) atoms. The predicted molar refractivity (Wildman–Crippen MR) is 52.3 cm³/mol. The van der Waals surface area contributed by atoms with Crippen molar-refractivity contribution in [2.24, 2.45) is 0 Å². The van der Waals surface area contributed by atoms with Crippen molar-refractivity contribution in [1.29, 1.82) is 0 Å². The molecule has 1 N–H and O–H groups in total. The minimum absolute atomic E-state index is 0.577. The summed E-state index contributed by atoms with van der Waals surface area (Å²) in [4.78, 5) is 0. The van der Waals surface area contributed by atoms with Crippen LogP contribution in [0.5, 0.6) is 0 Å². The van der Waals surface area contributed by atoms with E-state index in [9.17, 15) is 0 Å². The van der Waals surface area contributed by atoms with Crippen LogP contribution in [-0.2, 0) is 6.54 Å². The van der Waals surface area contributed by atoms with Gasteiger partial charge in [0.25, 0.3) is 0 Å². The molecular formula is C7H7Cl2NS. The summed E-state index contributed by atoms with van der Waals surface area (Å²) in [6.45, 7) is 0.614. The van der Waals surface area contributed by atoms with Gasteiger partial charge in [-0.3, -0.25) is 4.72 Å². The van der Waals surface area contributed by atoms with Gasteiger partial charge in [-0.2, -0.15) is 0 Å². The van der Waals surface area contributed by atoms with E-state index in [0.29, 0.717) is 16.6 Å². The maximum atomic E-state index is 5.87. The van der Waals surface area contributed by atoms with Gasteiger partial charge in [0.05, 0.1) is 10.0 Å². The molecule has 0 heterocycles. The van der Waals surface area contributed by atoms with E-state index in [-0.39, 0.29) is 0 Å². The van der Waals surface area contributed by atoms with Gasteiger partial charge < -0.3 is 0 Å². The van der Waals surface area contributed by atoms with Crippen molar-refractivity contribution in [3.8, 4) is 0 Å². The van der Waals surface area contributed by atoms with Crippen molar-refractivity contribution < 1.29 is 0 Å². The minimum atomic E-state index is 0.577. The van der Waals surface area contributed by atoms with E-state index in [2.05, 4.69) is 17.5 Å². The number of hydrogen-bond donors (Lipinski definition) is 2. The van der Waals surface area contributed by atoms with Crippen LogP contribution in [0.15, 0.2) is 18.2 Å². The fourth-order valence-corrected chi connectivity index (χ4v) is 1.33. The van der Waals surface area contributed by atoms with Crippen LogP contribution in [0.1, 0.15) is 5.56 Å². The molecule has 0 aliphatic rings. The van der Waals surface area contributed by atoms with Crippen LogP contribution in [0.4, 0.5) is 0 Å². The molecule has 0 unspecified atom stereocenters. The standard InChI is InChI=1S/C7H7Cl2NS/c8-6-3-1-2-5(4-10-11)7(6)9/h1-3,10-11H,4H2. The zero-order valence-electron chi connectivity index (χ0n) is 5.64. The SMILES string of the molecule is SNCc1cccc(Cl)c1Cl. The second kappa shape index (κ2) is 4.21. The summed E-state index contributed by atoms with van der Waals surface area (Å²) >= 11 is 15.5. The highest BCUT2D eigenvalue weighted by molar-refractivity contribution is 7.78. The number of nitrogens with one attached hydrogen (secondary N) is 1. The molecule has 0 aliphatic heterocycles. The molecule has 0 saturated carbocycles. The average molecular weight is 208 g/mol. The van der Waals surface area contributed by atoms with E-state index in [1.807, 2.05) is 12.1 Å². The van der Waals surface area contributed by atoms with Gasteiger partial charge in [-0.15, -0.1) is 0 Å². The molecule has 0 spiro atoms. The van der Waals surface area contributed by atoms with Gasteiger partial charge in [0.1, 0.15) is 0 Å². The van der Waals surface area contributed by atoms with Crippen molar-refractivity contribution in [2.75, 3.05) is 0 Å². The molecule has 1 aromatic carbocycles. The summed E-state index contributed by atoms with van der Waals surface area (Å²) in [5, 5.41) is 1.17. The average Bonchev–Trinajstić information content (AvgIpc) is 1.99. The molecule has 0 bridgehead atoms.